The first-order valence-corrected chi connectivity index (χ1v) is 5.07. The second kappa shape index (κ2) is 8.23. The summed E-state index contributed by atoms with van der Waals surface area (Å²) in [4.78, 5) is 21.5. The quantitative estimate of drug-likeness (QED) is 0.465. The van der Waals surface area contributed by atoms with Crippen LogP contribution in [0.15, 0.2) is 0 Å². The zero-order valence-corrected chi connectivity index (χ0v) is 8.94. The lowest BCUT2D eigenvalue weighted by atomic mass is 10.1. The summed E-state index contributed by atoms with van der Waals surface area (Å²) in [5.41, 5.74) is 0. The van der Waals surface area contributed by atoms with E-state index in [0.29, 0.717) is 25.9 Å². The maximum Gasteiger partial charge on any atom is 0.306 e. The fourth-order valence-corrected chi connectivity index (χ4v) is 0.930. The summed E-state index contributed by atoms with van der Waals surface area (Å²) in [6.45, 7) is 1.94. The van der Waals surface area contributed by atoms with Gasteiger partial charge in [0.1, 0.15) is 0 Å². The van der Waals surface area contributed by atoms with Crippen molar-refractivity contribution in [1.82, 2.24) is 0 Å². The van der Waals surface area contributed by atoms with Gasteiger partial charge >= 0.3 is 11.9 Å². The van der Waals surface area contributed by atoms with Gasteiger partial charge in [-0.05, 0) is 19.3 Å². The number of aliphatic hydroxyl groups excluding tert-OH is 1. The molecule has 88 valence electrons. The Morgan fingerprint density at radius 1 is 1.33 bits per heavy atom. The zero-order chi connectivity index (χ0) is 11.7. The highest BCUT2D eigenvalue weighted by atomic mass is 16.5. The molecular weight excluding hydrogens is 200 g/mol. The molecule has 0 aliphatic rings. The number of carboxylic acids is 1. The second-order valence-corrected chi connectivity index (χ2v) is 3.43. The van der Waals surface area contributed by atoms with Gasteiger partial charge in [-0.25, -0.2) is 0 Å². The highest BCUT2D eigenvalue weighted by molar-refractivity contribution is 5.72. The molecule has 5 heteroatoms. The summed E-state index contributed by atoms with van der Waals surface area (Å²) in [6.07, 6.45) is 1.68. The average Bonchev–Trinajstić information content (AvgIpc) is 2.20. The second-order valence-electron chi connectivity index (χ2n) is 3.43. The molecule has 0 heterocycles. The first-order chi connectivity index (χ1) is 7.07. The van der Waals surface area contributed by atoms with Gasteiger partial charge in [0.15, 0.2) is 0 Å². The minimum Gasteiger partial charge on any atom is -0.481 e. The maximum absolute atomic E-state index is 11.1. The van der Waals surface area contributed by atoms with Gasteiger partial charge in [-0.2, -0.15) is 0 Å². The molecule has 2 N–H and O–H groups in total. The third-order valence-corrected chi connectivity index (χ3v) is 2.02. The first-order valence-electron chi connectivity index (χ1n) is 5.07. The molecule has 0 amide bonds. The van der Waals surface area contributed by atoms with Crippen LogP contribution in [0.25, 0.3) is 0 Å². The Morgan fingerprint density at radius 3 is 2.53 bits per heavy atom. The molecule has 0 aliphatic carbocycles. The molecule has 0 aromatic heterocycles. The van der Waals surface area contributed by atoms with Crippen LogP contribution >= 0.6 is 0 Å². The average molecular weight is 218 g/mol. The molecule has 0 radical (unpaired) electrons. The minimum atomic E-state index is -0.900. The van der Waals surface area contributed by atoms with Crippen LogP contribution in [0.2, 0.25) is 0 Å². The molecule has 15 heavy (non-hydrogen) atoms. The predicted molar refractivity (Wildman–Crippen MR) is 53.3 cm³/mol. The van der Waals surface area contributed by atoms with Crippen LogP contribution in [0.3, 0.4) is 0 Å². The number of hydrogen-bond donors (Lipinski definition) is 2. The number of aliphatic carboxylic acids is 1. The Labute approximate surface area is 89.0 Å². The molecule has 0 aromatic rings. The Balaban J connectivity index is 3.45. The van der Waals surface area contributed by atoms with Crippen LogP contribution in [-0.4, -0.2) is 35.4 Å². The van der Waals surface area contributed by atoms with Crippen molar-refractivity contribution in [3.63, 3.8) is 0 Å². The topological polar surface area (TPSA) is 83.8 Å². The van der Waals surface area contributed by atoms with E-state index in [4.69, 9.17) is 14.9 Å². The van der Waals surface area contributed by atoms with Gasteiger partial charge in [0.2, 0.25) is 0 Å². The maximum atomic E-state index is 11.1. The normalized spacial score (nSPS) is 12.1. The Bertz CT molecular complexity index is 202. The van der Waals surface area contributed by atoms with E-state index in [1.54, 1.807) is 6.92 Å². The lowest BCUT2D eigenvalue weighted by Gasteiger charge is -2.06. The zero-order valence-electron chi connectivity index (χ0n) is 8.94. The highest BCUT2D eigenvalue weighted by Crippen LogP contribution is 2.06. The summed E-state index contributed by atoms with van der Waals surface area (Å²) in [7, 11) is 0. The van der Waals surface area contributed by atoms with Crippen LogP contribution in [0, 0.1) is 5.92 Å². The number of ether oxygens (including phenoxy) is 1. The van der Waals surface area contributed by atoms with Gasteiger partial charge in [-0.15, -0.1) is 0 Å². The fourth-order valence-electron chi connectivity index (χ4n) is 0.930. The van der Waals surface area contributed by atoms with E-state index in [-0.39, 0.29) is 19.0 Å². The van der Waals surface area contributed by atoms with Gasteiger partial charge in [-0.1, -0.05) is 6.92 Å². The Hall–Kier alpha value is -1.10. The molecule has 0 aromatic carbocycles. The number of rotatable bonds is 8. The SMILES string of the molecule is CC(CCC(=O)OCCCCO)C(=O)O. The third kappa shape index (κ3) is 7.93. The summed E-state index contributed by atoms with van der Waals surface area (Å²) in [5, 5.41) is 17.0. The summed E-state index contributed by atoms with van der Waals surface area (Å²) >= 11 is 0. The van der Waals surface area contributed by atoms with E-state index in [0.717, 1.165) is 0 Å². The number of carbonyl (C=O) groups is 2. The van der Waals surface area contributed by atoms with E-state index in [1.807, 2.05) is 0 Å². The largest absolute Gasteiger partial charge is 0.481 e. The molecule has 0 rings (SSSR count). The number of aliphatic hydroxyl groups is 1. The molecule has 0 saturated carbocycles. The van der Waals surface area contributed by atoms with Crippen LogP contribution in [0.5, 0.6) is 0 Å². The van der Waals surface area contributed by atoms with Crippen LogP contribution < -0.4 is 0 Å². The van der Waals surface area contributed by atoms with Crippen molar-refractivity contribution in [3.8, 4) is 0 Å². The van der Waals surface area contributed by atoms with Gasteiger partial charge in [-0.3, -0.25) is 9.59 Å². The summed E-state index contributed by atoms with van der Waals surface area (Å²) in [6, 6.07) is 0. The summed E-state index contributed by atoms with van der Waals surface area (Å²) < 4.78 is 4.83. The van der Waals surface area contributed by atoms with E-state index < -0.39 is 11.9 Å². The summed E-state index contributed by atoms with van der Waals surface area (Å²) in [5.74, 6) is -1.79. The molecule has 0 aliphatic heterocycles. The molecule has 1 unspecified atom stereocenters. The van der Waals surface area contributed by atoms with Crippen molar-refractivity contribution in [3.05, 3.63) is 0 Å². The number of carboxylic acid groups (broad SMARTS) is 1. The van der Waals surface area contributed by atoms with Crippen molar-refractivity contribution in [2.75, 3.05) is 13.2 Å². The van der Waals surface area contributed by atoms with Crippen LogP contribution in [0.4, 0.5) is 0 Å². The molecule has 5 nitrogen and oxygen atoms in total. The van der Waals surface area contributed by atoms with Gasteiger partial charge < -0.3 is 14.9 Å². The van der Waals surface area contributed by atoms with Crippen LogP contribution in [0.1, 0.15) is 32.6 Å². The molecular formula is C10H18O5. The number of carbonyl (C=O) groups excluding carboxylic acids is 1. The van der Waals surface area contributed by atoms with E-state index in [2.05, 4.69) is 0 Å². The van der Waals surface area contributed by atoms with Crippen molar-refractivity contribution < 1.29 is 24.5 Å². The van der Waals surface area contributed by atoms with E-state index in [9.17, 15) is 9.59 Å². The lowest BCUT2D eigenvalue weighted by molar-refractivity contribution is -0.145. The number of esters is 1. The predicted octanol–water partition coefficient (Wildman–Crippen LogP) is 0.803. The van der Waals surface area contributed by atoms with Crippen molar-refractivity contribution in [2.45, 2.75) is 32.6 Å². The van der Waals surface area contributed by atoms with E-state index in [1.165, 1.54) is 0 Å². The molecule has 1 atom stereocenters. The smallest absolute Gasteiger partial charge is 0.306 e. The van der Waals surface area contributed by atoms with Gasteiger partial charge in [0.25, 0.3) is 0 Å². The van der Waals surface area contributed by atoms with Gasteiger partial charge in [0, 0.05) is 13.0 Å². The molecule has 0 saturated heterocycles. The van der Waals surface area contributed by atoms with Crippen molar-refractivity contribution >= 4 is 11.9 Å². The van der Waals surface area contributed by atoms with E-state index >= 15 is 0 Å². The Kier molecular flexibility index (Phi) is 7.62. The lowest BCUT2D eigenvalue weighted by Crippen LogP contribution is -2.13. The highest BCUT2D eigenvalue weighted by Gasteiger charge is 2.13. The standard InChI is InChI=1S/C10H18O5/c1-8(10(13)14)4-5-9(12)15-7-3-2-6-11/h8,11H,2-7H2,1H3,(H,13,14). The van der Waals surface area contributed by atoms with Crippen molar-refractivity contribution in [1.29, 1.82) is 0 Å². The van der Waals surface area contributed by atoms with Gasteiger partial charge in [0.05, 0.1) is 12.5 Å². The monoisotopic (exact) mass is 218 g/mol. The third-order valence-electron chi connectivity index (χ3n) is 2.02. The Morgan fingerprint density at radius 2 is 2.00 bits per heavy atom. The van der Waals surface area contributed by atoms with Crippen molar-refractivity contribution in [2.24, 2.45) is 5.92 Å². The van der Waals surface area contributed by atoms with Crippen LogP contribution in [-0.2, 0) is 14.3 Å². The number of unbranched alkanes of at least 4 members (excludes halogenated alkanes) is 1. The molecule has 0 fully saturated rings. The molecule has 0 spiro atoms. The number of hydrogen-bond acceptors (Lipinski definition) is 4. The minimum absolute atomic E-state index is 0.0909. The fraction of sp³-hybridized carbons (Fsp3) is 0.800. The molecule has 0 bridgehead atoms. The first kappa shape index (κ1) is 13.9.